The van der Waals surface area contributed by atoms with Gasteiger partial charge in [0.1, 0.15) is 36.6 Å². The van der Waals surface area contributed by atoms with E-state index in [1.165, 1.54) is 199 Å². The first-order valence-electron chi connectivity index (χ1n) is 30.2. The molecule has 1 fully saturated rings. The number of hydrogen-bond donors (Lipinski definition) is 8. The van der Waals surface area contributed by atoms with Crippen molar-refractivity contribution < 1.29 is 50.0 Å². The Morgan fingerprint density at radius 3 is 1.25 bits per heavy atom. The lowest BCUT2D eigenvalue weighted by atomic mass is 9.98. The number of aliphatic hydroxyl groups is 7. The summed E-state index contributed by atoms with van der Waals surface area (Å²) >= 11 is 0. The summed E-state index contributed by atoms with van der Waals surface area (Å²) in [6, 6.07) is -1.19. The molecule has 71 heavy (non-hydrogen) atoms. The van der Waals surface area contributed by atoms with E-state index >= 15 is 0 Å². The molecule has 11 heteroatoms. The molecule has 0 radical (unpaired) electrons. The lowest BCUT2D eigenvalue weighted by molar-refractivity contribution is -0.303. The zero-order valence-electron chi connectivity index (χ0n) is 46.0. The first-order valence-corrected chi connectivity index (χ1v) is 30.2. The van der Waals surface area contributed by atoms with Gasteiger partial charge in [-0.1, -0.05) is 256 Å². The fourth-order valence-electron chi connectivity index (χ4n) is 9.81. The van der Waals surface area contributed by atoms with E-state index in [1.54, 1.807) is 0 Å². The normalized spacial score (nSPS) is 20.3. The first-order chi connectivity index (χ1) is 34.7. The zero-order valence-corrected chi connectivity index (χ0v) is 46.0. The maximum atomic E-state index is 13.2. The smallest absolute Gasteiger partial charge is 0.249 e. The number of unbranched alkanes of at least 4 members (excludes halogenated alkanes) is 36. The van der Waals surface area contributed by atoms with Crippen LogP contribution in [-0.2, 0) is 14.3 Å². The van der Waals surface area contributed by atoms with Gasteiger partial charge in [-0.3, -0.25) is 4.79 Å². The highest BCUT2D eigenvalue weighted by Gasteiger charge is 2.44. The van der Waals surface area contributed by atoms with Gasteiger partial charge in [0.05, 0.1) is 25.4 Å². The molecule has 420 valence electrons. The van der Waals surface area contributed by atoms with E-state index in [2.05, 4.69) is 43.5 Å². The summed E-state index contributed by atoms with van der Waals surface area (Å²) in [7, 11) is 0. The van der Waals surface area contributed by atoms with Crippen LogP contribution in [0.25, 0.3) is 0 Å². The SMILES string of the molecule is CCCCCCCC/C=C/CC/C=C/CCCC(O)C(O)C(COC1OC(CO)C(O)C(O)C1O)NC(=O)C(O)CCCCCCCCCCCCCCCCCCCCCCCCCCCCCCC. The van der Waals surface area contributed by atoms with Crippen LogP contribution >= 0.6 is 0 Å². The highest BCUT2D eigenvalue weighted by atomic mass is 16.7. The lowest BCUT2D eigenvalue weighted by Gasteiger charge is -2.40. The van der Waals surface area contributed by atoms with Gasteiger partial charge in [0.2, 0.25) is 5.91 Å². The molecule has 0 aliphatic carbocycles. The van der Waals surface area contributed by atoms with Gasteiger partial charge in [-0.05, 0) is 51.4 Å². The quantitative estimate of drug-likeness (QED) is 0.0215. The fraction of sp³-hybridized carbons (Fsp3) is 0.917. The van der Waals surface area contributed by atoms with Gasteiger partial charge < -0.3 is 50.5 Å². The van der Waals surface area contributed by atoms with Gasteiger partial charge in [0.25, 0.3) is 0 Å². The molecule has 0 spiro atoms. The monoisotopic (exact) mass is 1010 g/mol. The Kier molecular flexibility index (Phi) is 47.1. The predicted octanol–water partition coefficient (Wildman–Crippen LogP) is 12.9. The average molecular weight is 1010 g/mol. The largest absolute Gasteiger partial charge is 0.394 e. The number of rotatable bonds is 52. The van der Waals surface area contributed by atoms with Crippen molar-refractivity contribution in [1.29, 1.82) is 0 Å². The number of amides is 1. The van der Waals surface area contributed by atoms with Crippen LogP contribution < -0.4 is 5.32 Å². The Morgan fingerprint density at radius 1 is 0.479 bits per heavy atom. The molecule has 0 aromatic carbocycles. The molecule has 1 aliphatic rings. The molecule has 9 atom stereocenters. The van der Waals surface area contributed by atoms with Crippen molar-refractivity contribution >= 4 is 5.91 Å². The van der Waals surface area contributed by atoms with Crippen molar-refractivity contribution in [3.05, 3.63) is 24.3 Å². The molecule has 0 aromatic rings. The minimum Gasteiger partial charge on any atom is -0.394 e. The summed E-state index contributed by atoms with van der Waals surface area (Å²) in [6.07, 6.45) is 48.3. The third-order valence-electron chi connectivity index (χ3n) is 14.7. The van der Waals surface area contributed by atoms with E-state index in [1.807, 2.05) is 0 Å². The summed E-state index contributed by atoms with van der Waals surface area (Å²) in [4.78, 5) is 13.2. The summed E-state index contributed by atoms with van der Waals surface area (Å²) in [5, 5.41) is 76.1. The van der Waals surface area contributed by atoms with Crippen LogP contribution in [0.3, 0.4) is 0 Å². The van der Waals surface area contributed by atoms with E-state index < -0.39 is 74.2 Å². The lowest BCUT2D eigenvalue weighted by Crippen LogP contribution is -2.60. The summed E-state index contributed by atoms with van der Waals surface area (Å²) in [6.45, 7) is 3.45. The van der Waals surface area contributed by atoms with E-state index in [0.29, 0.717) is 19.3 Å². The highest BCUT2D eigenvalue weighted by Crippen LogP contribution is 2.23. The molecule has 8 N–H and O–H groups in total. The highest BCUT2D eigenvalue weighted by molar-refractivity contribution is 5.80. The third kappa shape index (κ3) is 37.9. The Balaban J connectivity index is 2.23. The standard InChI is InChI=1S/C60H115NO10/c1-3-5-7-9-11-13-15-17-19-20-21-22-23-24-25-26-27-28-29-30-31-32-34-36-38-40-42-44-46-48-53(64)59(69)61-51(50-70-60-58(68)57(67)56(66)54(49-62)71-60)55(65)52(63)47-45-43-41-39-37-35-33-18-16-14-12-10-8-6-4-2/h18,33,39,41,51-58,60,62-68H,3-17,19-32,34-38,40,42-50H2,1-2H3,(H,61,69)/b33-18+,41-39+. The van der Waals surface area contributed by atoms with Gasteiger partial charge >= 0.3 is 0 Å². The van der Waals surface area contributed by atoms with Crippen LogP contribution in [0.5, 0.6) is 0 Å². The first kappa shape index (κ1) is 67.6. The van der Waals surface area contributed by atoms with Crippen molar-refractivity contribution in [3.63, 3.8) is 0 Å². The van der Waals surface area contributed by atoms with Crippen molar-refractivity contribution in [1.82, 2.24) is 5.32 Å². The molecule has 1 amide bonds. The minimum atomic E-state index is -1.67. The predicted molar refractivity (Wildman–Crippen MR) is 293 cm³/mol. The number of nitrogens with one attached hydrogen (secondary N) is 1. The molecular weight excluding hydrogens is 895 g/mol. The van der Waals surface area contributed by atoms with Crippen LogP contribution in [-0.4, -0.2) is 110 Å². The Hall–Kier alpha value is -1.41. The second-order valence-electron chi connectivity index (χ2n) is 21.4. The third-order valence-corrected chi connectivity index (χ3v) is 14.7. The van der Waals surface area contributed by atoms with E-state index in [-0.39, 0.29) is 12.8 Å². The summed E-state index contributed by atoms with van der Waals surface area (Å²) in [5.41, 5.74) is 0. The Labute approximate surface area is 435 Å². The maximum Gasteiger partial charge on any atom is 0.249 e. The van der Waals surface area contributed by atoms with E-state index in [4.69, 9.17) is 9.47 Å². The van der Waals surface area contributed by atoms with Gasteiger partial charge in [0.15, 0.2) is 6.29 Å². The minimum absolute atomic E-state index is 0.248. The van der Waals surface area contributed by atoms with Gasteiger partial charge in [-0.2, -0.15) is 0 Å². The van der Waals surface area contributed by atoms with Crippen LogP contribution in [0.2, 0.25) is 0 Å². The second-order valence-corrected chi connectivity index (χ2v) is 21.4. The van der Waals surface area contributed by atoms with Gasteiger partial charge in [0, 0.05) is 0 Å². The number of hydrogen-bond acceptors (Lipinski definition) is 10. The van der Waals surface area contributed by atoms with Crippen LogP contribution in [0, 0.1) is 0 Å². The Morgan fingerprint density at radius 2 is 0.845 bits per heavy atom. The second kappa shape index (κ2) is 49.5. The zero-order chi connectivity index (χ0) is 51.8. The van der Waals surface area contributed by atoms with Crippen LogP contribution in [0.4, 0.5) is 0 Å². The van der Waals surface area contributed by atoms with Gasteiger partial charge in [-0.15, -0.1) is 0 Å². The molecule has 0 aromatic heterocycles. The number of aliphatic hydroxyl groups excluding tert-OH is 7. The molecule has 1 rings (SSSR count). The number of ether oxygens (including phenoxy) is 2. The maximum absolute atomic E-state index is 13.2. The molecular formula is C60H115NO10. The molecule has 11 nitrogen and oxygen atoms in total. The molecule has 0 saturated carbocycles. The molecule has 1 heterocycles. The number of carbonyl (C=O) groups excluding carboxylic acids is 1. The van der Waals surface area contributed by atoms with E-state index in [9.17, 15) is 40.5 Å². The van der Waals surface area contributed by atoms with Crippen LogP contribution in [0.15, 0.2) is 24.3 Å². The topological polar surface area (TPSA) is 189 Å². The average Bonchev–Trinajstić information content (AvgIpc) is 3.37. The van der Waals surface area contributed by atoms with Crippen molar-refractivity contribution in [2.75, 3.05) is 13.2 Å². The van der Waals surface area contributed by atoms with Gasteiger partial charge in [-0.25, -0.2) is 0 Å². The fourth-order valence-corrected chi connectivity index (χ4v) is 9.81. The molecule has 9 unspecified atom stereocenters. The molecule has 0 bridgehead atoms. The van der Waals surface area contributed by atoms with Crippen molar-refractivity contribution in [2.45, 2.75) is 339 Å². The summed E-state index contributed by atoms with van der Waals surface area (Å²) < 4.78 is 11.1. The number of allylic oxidation sites excluding steroid dienone is 4. The van der Waals surface area contributed by atoms with Crippen LogP contribution in [0.1, 0.15) is 284 Å². The van der Waals surface area contributed by atoms with E-state index in [0.717, 1.165) is 38.5 Å². The number of carbonyl (C=O) groups is 1. The van der Waals surface area contributed by atoms with Crippen molar-refractivity contribution in [2.24, 2.45) is 0 Å². The molecule has 1 saturated heterocycles. The van der Waals surface area contributed by atoms with Crippen molar-refractivity contribution in [3.8, 4) is 0 Å². The Bertz CT molecular complexity index is 1200. The molecule has 1 aliphatic heterocycles. The summed E-state index contributed by atoms with van der Waals surface area (Å²) in [5.74, 6) is -0.706.